The van der Waals surface area contributed by atoms with Crippen LogP contribution in [0.15, 0.2) is 12.4 Å². The third-order valence-electron chi connectivity index (χ3n) is 2.89. The van der Waals surface area contributed by atoms with E-state index in [4.69, 9.17) is 0 Å². The molecule has 1 aromatic heterocycles. The van der Waals surface area contributed by atoms with Gasteiger partial charge in [-0.15, -0.1) is 0 Å². The Labute approximate surface area is 103 Å². The topological polar surface area (TPSA) is 53.1 Å². The molecule has 5 nitrogen and oxygen atoms in total. The predicted octanol–water partition coefficient (Wildman–Crippen LogP) is 1.10. The van der Waals surface area contributed by atoms with E-state index in [-0.39, 0.29) is 0 Å². The average Bonchev–Trinajstić information content (AvgIpc) is 3.13. The first kappa shape index (κ1) is 12.1. The van der Waals surface area contributed by atoms with Gasteiger partial charge in [0.2, 0.25) is 0 Å². The zero-order valence-corrected chi connectivity index (χ0v) is 10.6. The molecule has 1 aliphatic carbocycles. The van der Waals surface area contributed by atoms with Crippen LogP contribution in [0.4, 0.5) is 11.6 Å². The SMILES string of the molecule is CNCCCN(C)c1cc(NC2CC2)ncn1. The van der Waals surface area contributed by atoms with E-state index in [1.807, 2.05) is 13.1 Å². The lowest BCUT2D eigenvalue weighted by molar-refractivity contribution is 0.708. The summed E-state index contributed by atoms with van der Waals surface area (Å²) in [5.74, 6) is 1.93. The molecule has 0 radical (unpaired) electrons. The molecule has 94 valence electrons. The van der Waals surface area contributed by atoms with E-state index in [0.29, 0.717) is 6.04 Å². The molecule has 0 amide bonds. The van der Waals surface area contributed by atoms with Crippen molar-refractivity contribution in [3.05, 3.63) is 12.4 Å². The molecule has 1 saturated carbocycles. The first-order chi connectivity index (χ1) is 8.29. The van der Waals surface area contributed by atoms with Gasteiger partial charge in [0.15, 0.2) is 0 Å². The Balaban J connectivity index is 1.89. The minimum absolute atomic E-state index is 0.632. The Kier molecular flexibility index (Phi) is 4.14. The fourth-order valence-corrected chi connectivity index (χ4v) is 1.68. The number of anilines is 2. The summed E-state index contributed by atoms with van der Waals surface area (Å²) in [5.41, 5.74) is 0. The van der Waals surface area contributed by atoms with Crippen LogP contribution in [0.2, 0.25) is 0 Å². The Bertz CT molecular complexity index is 351. The number of aromatic nitrogens is 2. The van der Waals surface area contributed by atoms with Gasteiger partial charge in [0.1, 0.15) is 18.0 Å². The first-order valence-electron chi connectivity index (χ1n) is 6.24. The number of nitrogens with one attached hydrogen (secondary N) is 2. The largest absolute Gasteiger partial charge is 0.367 e. The van der Waals surface area contributed by atoms with Crippen molar-refractivity contribution in [2.75, 3.05) is 37.4 Å². The summed E-state index contributed by atoms with van der Waals surface area (Å²) >= 11 is 0. The van der Waals surface area contributed by atoms with Gasteiger partial charge in [0, 0.05) is 25.7 Å². The highest BCUT2D eigenvalue weighted by Crippen LogP contribution is 2.24. The molecule has 0 atom stereocenters. The summed E-state index contributed by atoms with van der Waals surface area (Å²) in [5, 5.41) is 6.54. The lowest BCUT2D eigenvalue weighted by atomic mass is 10.4. The van der Waals surface area contributed by atoms with Crippen LogP contribution < -0.4 is 15.5 Å². The summed E-state index contributed by atoms with van der Waals surface area (Å²) in [7, 11) is 4.04. The zero-order valence-electron chi connectivity index (χ0n) is 10.6. The second kappa shape index (κ2) is 5.82. The summed E-state index contributed by atoms with van der Waals surface area (Å²) in [6.07, 6.45) is 5.27. The molecule has 2 N–H and O–H groups in total. The van der Waals surface area contributed by atoms with Crippen LogP contribution in [-0.2, 0) is 0 Å². The molecule has 1 aliphatic rings. The monoisotopic (exact) mass is 235 g/mol. The van der Waals surface area contributed by atoms with Gasteiger partial charge in [-0.3, -0.25) is 0 Å². The molecule has 5 heteroatoms. The van der Waals surface area contributed by atoms with E-state index >= 15 is 0 Å². The average molecular weight is 235 g/mol. The molecule has 1 heterocycles. The Morgan fingerprint density at radius 2 is 2.24 bits per heavy atom. The van der Waals surface area contributed by atoms with E-state index < -0.39 is 0 Å². The van der Waals surface area contributed by atoms with E-state index in [1.54, 1.807) is 6.33 Å². The van der Waals surface area contributed by atoms with Crippen molar-refractivity contribution in [3.63, 3.8) is 0 Å². The van der Waals surface area contributed by atoms with E-state index in [2.05, 4.69) is 32.5 Å². The van der Waals surface area contributed by atoms with E-state index in [9.17, 15) is 0 Å². The lowest BCUT2D eigenvalue weighted by Gasteiger charge is -2.18. The number of hydrogen-bond acceptors (Lipinski definition) is 5. The molecule has 1 fully saturated rings. The van der Waals surface area contributed by atoms with Crippen LogP contribution in [-0.4, -0.2) is 43.2 Å². The molecular weight excluding hydrogens is 214 g/mol. The molecule has 0 aliphatic heterocycles. The third kappa shape index (κ3) is 3.85. The Morgan fingerprint density at radius 1 is 1.41 bits per heavy atom. The highest BCUT2D eigenvalue weighted by atomic mass is 15.2. The van der Waals surface area contributed by atoms with Crippen LogP contribution >= 0.6 is 0 Å². The molecule has 2 rings (SSSR count). The Hall–Kier alpha value is -1.36. The molecule has 0 aromatic carbocycles. The van der Waals surface area contributed by atoms with Crippen molar-refractivity contribution in [1.29, 1.82) is 0 Å². The number of nitrogens with zero attached hydrogens (tertiary/aromatic N) is 3. The van der Waals surface area contributed by atoms with Crippen molar-refractivity contribution in [1.82, 2.24) is 15.3 Å². The van der Waals surface area contributed by atoms with Crippen molar-refractivity contribution < 1.29 is 0 Å². The van der Waals surface area contributed by atoms with Crippen LogP contribution in [0.3, 0.4) is 0 Å². The van der Waals surface area contributed by atoms with Crippen molar-refractivity contribution in [3.8, 4) is 0 Å². The van der Waals surface area contributed by atoms with Gasteiger partial charge in [0.25, 0.3) is 0 Å². The summed E-state index contributed by atoms with van der Waals surface area (Å²) < 4.78 is 0. The van der Waals surface area contributed by atoms with E-state index in [0.717, 1.165) is 31.1 Å². The normalized spacial score (nSPS) is 14.7. The maximum Gasteiger partial charge on any atom is 0.133 e. The number of rotatable bonds is 7. The second-order valence-electron chi connectivity index (χ2n) is 4.56. The molecule has 0 spiro atoms. The van der Waals surface area contributed by atoms with Crippen molar-refractivity contribution in [2.24, 2.45) is 0 Å². The highest BCUT2D eigenvalue weighted by Gasteiger charge is 2.21. The van der Waals surface area contributed by atoms with Gasteiger partial charge in [-0.05, 0) is 32.9 Å². The fourth-order valence-electron chi connectivity index (χ4n) is 1.68. The van der Waals surface area contributed by atoms with Crippen molar-refractivity contribution >= 4 is 11.6 Å². The zero-order chi connectivity index (χ0) is 12.1. The molecule has 0 bridgehead atoms. The van der Waals surface area contributed by atoms with Crippen LogP contribution in [0, 0.1) is 0 Å². The molecule has 17 heavy (non-hydrogen) atoms. The van der Waals surface area contributed by atoms with Gasteiger partial charge in [-0.2, -0.15) is 0 Å². The maximum absolute atomic E-state index is 4.30. The minimum Gasteiger partial charge on any atom is -0.367 e. The third-order valence-corrected chi connectivity index (χ3v) is 2.89. The molecule has 0 unspecified atom stereocenters. The van der Waals surface area contributed by atoms with Gasteiger partial charge >= 0.3 is 0 Å². The molecule has 0 saturated heterocycles. The minimum atomic E-state index is 0.632. The maximum atomic E-state index is 4.30. The first-order valence-corrected chi connectivity index (χ1v) is 6.24. The molecule has 1 aromatic rings. The summed E-state index contributed by atoms with van der Waals surface area (Å²) in [6, 6.07) is 2.66. The van der Waals surface area contributed by atoms with Crippen molar-refractivity contribution in [2.45, 2.75) is 25.3 Å². The summed E-state index contributed by atoms with van der Waals surface area (Å²) in [4.78, 5) is 10.7. The second-order valence-corrected chi connectivity index (χ2v) is 4.56. The highest BCUT2D eigenvalue weighted by molar-refractivity contribution is 5.48. The van der Waals surface area contributed by atoms with Crippen LogP contribution in [0.5, 0.6) is 0 Å². The summed E-state index contributed by atoms with van der Waals surface area (Å²) in [6.45, 7) is 2.03. The fraction of sp³-hybridized carbons (Fsp3) is 0.667. The van der Waals surface area contributed by atoms with Crippen LogP contribution in [0.1, 0.15) is 19.3 Å². The predicted molar refractivity (Wildman–Crippen MR) is 70.5 cm³/mol. The van der Waals surface area contributed by atoms with E-state index in [1.165, 1.54) is 12.8 Å². The van der Waals surface area contributed by atoms with Gasteiger partial charge in [-0.25, -0.2) is 9.97 Å². The smallest absolute Gasteiger partial charge is 0.133 e. The quantitative estimate of drug-likeness (QED) is 0.693. The van der Waals surface area contributed by atoms with Gasteiger partial charge < -0.3 is 15.5 Å². The lowest BCUT2D eigenvalue weighted by Crippen LogP contribution is -2.23. The Morgan fingerprint density at radius 3 is 2.94 bits per heavy atom. The number of hydrogen-bond donors (Lipinski definition) is 2. The van der Waals surface area contributed by atoms with Gasteiger partial charge in [0.05, 0.1) is 0 Å². The van der Waals surface area contributed by atoms with Crippen LogP contribution in [0.25, 0.3) is 0 Å². The van der Waals surface area contributed by atoms with Gasteiger partial charge in [-0.1, -0.05) is 0 Å². The standard InChI is InChI=1S/C12H21N5/c1-13-6-3-7-17(2)12-8-11(14-9-15-12)16-10-4-5-10/h8-10,13H,3-7H2,1-2H3,(H,14,15,16). The molecular formula is C12H21N5.